The predicted octanol–water partition coefficient (Wildman–Crippen LogP) is 1.80. The van der Waals surface area contributed by atoms with Crippen LogP contribution >= 0.6 is 0 Å². The normalized spacial score (nSPS) is 11.2. The van der Waals surface area contributed by atoms with E-state index in [-0.39, 0.29) is 6.54 Å². The zero-order valence-electron chi connectivity index (χ0n) is 11.5. The molecule has 7 nitrogen and oxygen atoms in total. The van der Waals surface area contributed by atoms with Gasteiger partial charge in [-0.3, -0.25) is 9.69 Å². The second-order valence-corrected chi connectivity index (χ2v) is 5.16. The minimum Gasteiger partial charge on any atom is -0.480 e. The van der Waals surface area contributed by atoms with Crippen molar-refractivity contribution in [2.24, 2.45) is 0 Å². The Morgan fingerprint density at radius 2 is 2.11 bits per heavy atom. The number of rotatable bonds is 4. The van der Waals surface area contributed by atoms with Crippen LogP contribution in [0.4, 0.5) is 4.79 Å². The molecule has 1 aromatic rings. The Bertz CT molecular complexity index is 461. The number of carboxylic acids is 1. The summed E-state index contributed by atoms with van der Waals surface area (Å²) in [6.07, 6.45) is -0.705. The lowest BCUT2D eigenvalue weighted by molar-refractivity contribution is -0.138. The Labute approximate surface area is 111 Å². The van der Waals surface area contributed by atoms with Crippen molar-refractivity contribution in [3.05, 3.63) is 17.5 Å². The van der Waals surface area contributed by atoms with Crippen LogP contribution in [-0.2, 0) is 16.1 Å². The van der Waals surface area contributed by atoms with E-state index in [9.17, 15) is 9.59 Å². The molecule has 106 valence electrons. The van der Waals surface area contributed by atoms with Gasteiger partial charge in [-0.25, -0.2) is 4.79 Å². The molecule has 1 rings (SSSR count). The highest BCUT2D eigenvalue weighted by molar-refractivity contribution is 5.76. The van der Waals surface area contributed by atoms with Gasteiger partial charge < -0.3 is 14.4 Å². The van der Waals surface area contributed by atoms with Crippen LogP contribution < -0.4 is 0 Å². The van der Waals surface area contributed by atoms with Crippen LogP contribution in [0.5, 0.6) is 0 Å². The highest BCUT2D eigenvalue weighted by Gasteiger charge is 2.25. The smallest absolute Gasteiger partial charge is 0.411 e. The number of carboxylic acid groups (broad SMARTS) is 1. The van der Waals surface area contributed by atoms with E-state index < -0.39 is 24.2 Å². The van der Waals surface area contributed by atoms with E-state index in [4.69, 9.17) is 14.4 Å². The van der Waals surface area contributed by atoms with E-state index in [1.54, 1.807) is 33.8 Å². The van der Waals surface area contributed by atoms with Crippen molar-refractivity contribution < 1.29 is 24.0 Å². The molecule has 0 fully saturated rings. The van der Waals surface area contributed by atoms with Crippen LogP contribution in [0, 0.1) is 6.92 Å². The summed E-state index contributed by atoms with van der Waals surface area (Å²) in [7, 11) is 0. The Hall–Kier alpha value is -2.05. The Balaban J connectivity index is 2.76. The summed E-state index contributed by atoms with van der Waals surface area (Å²) in [6, 6.07) is 1.64. The van der Waals surface area contributed by atoms with Crippen molar-refractivity contribution in [3.8, 4) is 0 Å². The summed E-state index contributed by atoms with van der Waals surface area (Å²) in [6.45, 7) is 6.41. The fourth-order valence-corrected chi connectivity index (χ4v) is 1.35. The average molecular weight is 270 g/mol. The van der Waals surface area contributed by atoms with Crippen LogP contribution in [0.15, 0.2) is 10.6 Å². The monoisotopic (exact) mass is 270 g/mol. The molecule has 0 aliphatic rings. The molecule has 0 spiro atoms. The van der Waals surface area contributed by atoms with Crippen molar-refractivity contribution >= 4 is 12.1 Å². The predicted molar refractivity (Wildman–Crippen MR) is 65.5 cm³/mol. The molecular formula is C12H18N2O5. The first-order chi connectivity index (χ1) is 8.67. The van der Waals surface area contributed by atoms with Gasteiger partial charge in [0.1, 0.15) is 12.1 Å². The number of carbonyl (C=O) groups is 2. The largest absolute Gasteiger partial charge is 0.480 e. The van der Waals surface area contributed by atoms with Gasteiger partial charge in [-0.05, 0) is 27.7 Å². The molecule has 0 saturated heterocycles. The van der Waals surface area contributed by atoms with Crippen molar-refractivity contribution in [1.82, 2.24) is 10.1 Å². The molecule has 0 saturated carbocycles. The van der Waals surface area contributed by atoms with Crippen LogP contribution in [0.1, 0.15) is 32.2 Å². The number of aliphatic carboxylic acids is 1. The molecule has 7 heteroatoms. The highest BCUT2D eigenvalue weighted by Crippen LogP contribution is 2.13. The summed E-state index contributed by atoms with van der Waals surface area (Å²) in [5.74, 6) is -0.716. The van der Waals surface area contributed by atoms with E-state index in [1.165, 1.54) is 0 Å². The third-order valence-corrected chi connectivity index (χ3v) is 2.00. The lowest BCUT2D eigenvalue weighted by atomic mass is 10.2. The first-order valence-corrected chi connectivity index (χ1v) is 5.79. The topological polar surface area (TPSA) is 92.9 Å². The SMILES string of the molecule is Cc1cc(CN(CC(=O)O)C(=O)OC(C)(C)C)on1. The number of carbonyl (C=O) groups excluding carboxylic acids is 1. The molecule has 19 heavy (non-hydrogen) atoms. The molecular weight excluding hydrogens is 252 g/mol. The van der Waals surface area contributed by atoms with Gasteiger partial charge in [-0.2, -0.15) is 0 Å². The molecule has 0 atom stereocenters. The molecule has 1 N–H and O–H groups in total. The fourth-order valence-electron chi connectivity index (χ4n) is 1.35. The lowest BCUT2D eigenvalue weighted by Gasteiger charge is -2.25. The second kappa shape index (κ2) is 5.73. The van der Waals surface area contributed by atoms with E-state index in [0.29, 0.717) is 11.5 Å². The van der Waals surface area contributed by atoms with Crippen LogP contribution in [0.2, 0.25) is 0 Å². The molecule has 1 heterocycles. The molecule has 0 aliphatic carbocycles. The Kier molecular flexibility index (Phi) is 4.52. The molecule has 1 amide bonds. The molecule has 0 aromatic carbocycles. The van der Waals surface area contributed by atoms with Gasteiger partial charge in [-0.1, -0.05) is 5.16 Å². The zero-order chi connectivity index (χ0) is 14.6. The average Bonchev–Trinajstić information content (AvgIpc) is 2.59. The number of aromatic nitrogens is 1. The van der Waals surface area contributed by atoms with Crippen molar-refractivity contribution in [3.63, 3.8) is 0 Å². The van der Waals surface area contributed by atoms with Gasteiger partial charge in [0.25, 0.3) is 0 Å². The standard InChI is InChI=1S/C12H18N2O5/c1-8-5-9(19-13-8)6-14(7-10(15)16)11(17)18-12(2,3)4/h5H,6-7H2,1-4H3,(H,15,16). The van der Waals surface area contributed by atoms with Gasteiger partial charge in [0, 0.05) is 6.07 Å². The third-order valence-electron chi connectivity index (χ3n) is 2.00. The number of ether oxygens (including phenoxy) is 1. The summed E-state index contributed by atoms with van der Waals surface area (Å²) >= 11 is 0. The Morgan fingerprint density at radius 3 is 2.53 bits per heavy atom. The van der Waals surface area contributed by atoms with E-state index in [2.05, 4.69) is 5.16 Å². The molecule has 0 bridgehead atoms. The second-order valence-electron chi connectivity index (χ2n) is 5.16. The lowest BCUT2D eigenvalue weighted by Crippen LogP contribution is -2.39. The van der Waals surface area contributed by atoms with E-state index >= 15 is 0 Å². The van der Waals surface area contributed by atoms with Gasteiger partial charge in [0.15, 0.2) is 5.76 Å². The van der Waals surface area contributed by atoms with Crippen molar-refractivity contribution in [1.29, 1.82) is 0 Å². The molecule has 0 radical (unpaired) electrons. The molecule has 1 aromatic heterocycles. The summed E-state index contributed by atoms with van der Waals surface area (Å²) in [5, 5.41) is 12.5. The number of nitrogens with zero attached hydrogens (tertiary/aromatic N) is 2. The van der Waals surface area contributed by atoms with E-state index in [1.807, 2.05) is 0 Å². The van der Waals surface area contributed by atoms with E-state index in [0.717, 1.165) is 4.90 Å². The Morgan fingerprint density at radius 1 is 1.47 bits per heavy atom. The maximum absolute atomic E-state index is 11.9. The maximum Gasteiger partial charge on any atom is 0.411 e. The van der Waals surface area contributed by atoms with Crippen LogP contribution in [0.3, 0.4) is 0 Å². The van der Waals surface area contributed by atoms with Crippen LogP contribution in [0.25, 0.3) is 0 Å². The van der Waals surface area contributed by atoms with Gasteiger partial charge in [-0.15, -0.1) is 0 Å². The minimum atomic E-state index is -1.12. The first-order valence-electron chi connectivity index (χ1n) is 5.79. The molecule has 0 aliphatic heterocycles. The quantitative estimate of drug-likeness (QED) is 0.896. The first kappa shape index (κ1) is 15.0. The highest BCUT2D eigenvalue weighted by atomic mass is 16.6. The van der Waals surface area contributed by atoms with Gasteiger partial charge in [0.05, 0.1) is 12.2 Å². The van der Waals surface area contributed by atoms with Gasteiger partial charge in [0.2, 0.25) is 0 Å². The fraction of sp³-hybridized carbons (Fsp3) is 0.583. The van der Waals surface area contributed by atoms with Crippen molar-refractivity contribution in [2.45, 2.75) is 39.8 Å². The minimum absolute atomic E-state index is 0.00204. The summed E-state index contributed by atoms with van der Waals surface area (Å²) < 4.78 is 10.1. The zero-order valence-corrected chi connectivity index (χ0v) is 11.5. The summed E-state index contributed by atoms with van der Waals surface area (Å²) in [5.41, 5.74) is -0.0278. The van der Waals surface area contributed by atoms with Gasteiger partial charge >= 0.3 is 12.1 Å². The number of hydrogen-bond donors (Lipinski definition) is 1. The molecule has 0 unspecified atom stereocenters. The number of aryl methyl sites for hydroxylation is 1. The maximum atomic E-state index is 11.9. The van der Waals surface area contributed by atoms with Crippen molar-refractivity contribution in [2.75, 3.05) is 6.54 Å². The van der Waals surface area contributed by atoms with Crippen LogP contribution in [-0.4, -0.2) is 39.4 Å². The number of amides is 1. The summed E-state index contributed by atoms with van der Waals surface area (Å²) in [4.78, 5) is 23.7. The number of hydrogen-bond acceptors (Lipinski definition) is 5. The third kappa shape index (κ3) is 5.41.